The molecule has 0 saturated carbocycles. The topological polar surface area (TPSA) is 28.7 Å². The molecule has 0 radical (unpaired) electrons. The van der Waals surface area contributed by atoms with Crippen LogP contribution in [0.4, 0.5) is 0 Å². The van der Waals surface area contributed by atoms with E-state index in [4.69, 9.17) is 4.98 Å². The highest BCUT2D eigenvalue weighted by molar-refractivity contribution is 5.75. The minimum Gasteiger partial charge on any atom is -0.342 e. The van der Waals surface area contributed by atoms with E-state index in [1.807, 2.05) is 12.1 Å². The number of benzene rings is 1. The van der Waals surface area contributed by atoms with Crippen molar-refractivity contribution in [3.8, 4) is 0 Å². The Labute approximate surface area is 116 Å². The summed E-state index contributed by atoms with van der Waals surface area (Å²) in [7, 11) is 0. The number of aromatic amines is 1. The number of rotatable bonds is 2. The Hall–Kier alpha value is -1.31. The summed E-state index contributed by atoms with van der Waals surface area (Å²) in [6, 6.07) is 8.24. The van der Waals surface area contributed by atoms with Gasteiger partial charge in [0.2, 0.25) is 0 Å². The maximum absolute atomic E-state index is 4.81. The van der Waals surface area contributed by atoms with Crippen LogP contribution in [-0.2, 0) is 5.41 Å². The first-order valence-corrected chi connectivity index (χ1v) is 7.02. The molecule has 0 amide bonds. The summed E-state index contributed by atoms with van der Waals surface area (Å²) in [5.74, 6) is 1.08. The Balaban J connectivity index is 2.55. The summed E-state index contributed by atoms with van der Waals surface area (Å²) >= 11 is 0. The lowest BCUT2D eigenvalue weighted by Crippen LogP contribution is -2.46. The molecule has 19 heavy (non-hydrogen) atoms. The number of imidazole rings is 1. The van der Waals surface area contributed by atoms with Crippen LogP contribution in [0.2, 0.25) is 0 Å². The average Bonchev–Trinajstić information content (AvgIpc) is 2.71. The standard InChI is InChI=1S/C17H26N2/c1-15(2,3)17(6,7)16(4,5)14-18-12-10-8-9-11-13(12)19-14/h8-11H,1-7H3,(H,18,19). The summed E-state index contributed by atoms with van der Waals surface area (Å²) in [4.78, 5) is 8.31. The van der Waals surface area contributed by atoms with Crippen molar-refractivity contribution in [3.05, 3.63) is 30.1 Å². The first-order chi connectivity index (χ1) is 8.57. The molecule has 0 spiro atoms. The number of nitrogens with one attached hydrogen (secondary N) is 1. The molecule has 0 fully saturated rings. The fraction of sp³-hybridized carbons (Fsp3) is 0.588. The van der Waals surface area contributed by atoms with Gasteiger partial charge in [0.15, 0.2) is 0 Å². The molecular formula is C17H26N2. The lowest BCUT2D eigenvalue weighted by atomic mass is 9.55. The third-order valence-electron chi connectivity index (χ3n) is 5.42. The second-order valence-electron chi connectivity index (χ2n) is 7.60. The van der Waals surface area contributed by atoms with Gasteiger partial charge in [-0.1, -0.05) is 60.6 Å². The second-order valence-corrected chi connectivity index (χ2v) is 7.60. The summed E-state index contributed by atoms with van der Waals surface area (Å²) in [5.41, 5.74) is 2.47. The zero-order chi connectivity index (χ0) is 14.5. The highest BCUT2D eigenvalue weighted by atomic mass is 14.9. The van der Waals surface area contributed by atoms with Gasteiger partial charge in [-0.2, -0.15) is 0 Å². The Morgan fingerprint density at radius 3 is 2.00 bits per heavy atom. The molecule has 0 bridgehead atoms. The molecule has 0 aliphatic carbocycles. The molecule has 0 saturated heterocycles. The van der Waals surface area contributed by atoms with Crippen LogP contribution >= 0.6 is 0 Å². The van der Waals surface area contributed by atoms with Gasteiger partial charge < -0.3 is 4.98 Å². The van der Waals surface area contributed by atoms with Gasteiger partial charge in [-0.25, -0.2) is 4.98 Å². The first-order valence-electron chi connectivity index (χ1n) is 7.02. The second kappa shape index (κ2) is 4.09. The van der Waals surface area contributed by atoms with E-state index in [2.05, 4.69) is 65.6 Å². The van der Waals surface area contributed by atoms with E-state index in [0.29, 0.717) is 0 Å². The smallest absolute Gasteiger partial charge is 0.113 e. The Morgan fingerprint density at radius 2 is 1.47 bits per heavy atom. The van der Waals surface area contributed by atoms with Gasteiger partial charge in [-0.05, 0) is 23.0 Å². The largest absolute Gasteiger partial charge is 0.342 e. The molecule has 104 valence electrons. The van der Waals surface area contributed by atoms with Crippen LogP contribution in [-0.4, -0.2) is 9.97 Å². The normalized spacial score (nSPS) is 14.1. The van der Waals surface area contributed by atoms with E-state index < -0.39 is 0 Å². The number of nitrogens with zero attached hydrogens (tertiary/aromatic N) is 1. The van der Waals surface area contributed by atoms with Gasteiger partial charge in [-0.3, -0.25) is 0 Å². The van der Waals surface area contributed by atoms with Crippen molar-refractivity contribution in [1.29, 1.82) is 0 Å². The maximum atomic E-state index is 4.81. The van der Waals surface area contributed by atoms with Crippen molar-refractivity contribution < 1.29 is 0 Å². The predicted octanol–water partition coefficient (Wildman–Crippen LogP) is 4.91. The van der Waals surface area contributed by atoms with E-state index in [1.54, 1.807) is 0 Å². The lowest BCUT2D eigenvalue weighted by Gasteiger charge is -2.49. The van der Waals surface area contributed by atoms with E-state index in [1.165, 1.54) is 0 Å². The third kappa shape index (κ3) is 2.07. The van der Waals surface area contributed by atoms with Crippen molar-refractivity contribution >= 4 is 11.0 Å². The quantitative estimate of drug-likeness (QED) is 0.814. The zero-order valence-corrected chi connectivity index (χ0v) is 13.3. The number of hydrogen-bond donors (Lipinski definition) is 1. The summed E-state index contributed by atoms with van der Waals surface area (Å²) < 4.78 is 0. The molecular weight excluding hydrogens is 232 g/mol. The number of hydrogen-bond acceptors (Lipinski definition) is 1. The van der Waals surface area contributed by atoms with Crippen molar-refractivity contribution in [2.75, 3.05) is 0 Å². The van der Waals surface area contributed by atoms with E-state index in [-0.39, 0.29) is 16.2 Å². The first kappa shape index (κ1) is 14.1. The van der Waals surface area contributed by atoms with Gasteiger partial charge in [0.05, 0.1) is 11.0 Å². The zero-order valence-electron chi connectivity index (χ0n) is 13.3. The fourth-order valence-electron chi connectivity index (χ4n) is 2.48. The van der Waals surface area contributed by atoms with Crippen molar-refractivity contribution in [1.82, 2.24) is 9.97 Å². The van der Waals surface area contributed by atoms with Crippen LogP contribution in [0.5, 0.6) is 0 Å². The lowest BCUT2D eigenvalue weighted by molar-refractivity contribution is 0.0412. The van der Waals surface area contributed by atoms with Crippen LogP contribution in [0.25, 0.3) is 11.0 Å². The molecule has 0 aliphatic heterocycles. The van der Waals surface area contributed by atoms with Crippen molar-refractivity contribution in [2.24, 2.45) is 10.8 Å². The average molecular weight is 258 g/mol. The molecule has 1 heterocycles. The molecule has 2 rings (SSSR count). The SMILES string of the molecule is CC(C)(C)C(C)(C)C(C)(C)c1nc2ccccc2[nH]1. The van der Waals surface area contributed by atoms with E-state index in [9.17, 15) is 0 Å². The molecule has 0 aliphatic rings. The van der Waals surface area contributed by atoms with Crippen LogP contribution < -0.4 is 0 Å². The minimum absolute atomic E-state index is 0.0235. The highest BCUT2D eigenvalue weighted by Crippen LogP contribution is 2.51. The molecule has 0 unspecified atom stereocenters. The van der Waals surface area contributed by atoms with Gasteiger partial charge in [-0.15, -0.1) is 0 Å². The molecule has 2 heteroatoms. The van der Waals surface area contributed by atoms with Crippen molar-refractivity contribution in [2.45, 2.75) is 53.9 Å². The summed E-state index contributed by atoms with van der Waals surface area (Å²) in [6.07, 6.45) is 0. The Bertz CT molecular complexity index is 550. The summed E-state index contributed by atoms with van der Waals surface area (Å²) in [5, 5.41) is 0. The minimum atomic E-state index is -0.0235. The van der Waals surface area contributed by atoms with Crippen LogP contribution in [0.1, 0.15) is 54.3 Å². The summed E-state index contributed by atoms with van der Waals surface area (Å²) in [6.45, 7) is 16.2. The van der Waals surface area contributed by atoms with Crippen LogP contribution in [0.15, 0.2) is 24.3 Å². The van der Waals surface area contributed by atoms with Gasteiger partial charge in [0, 0.05) is 5.41 Å². The van der Waals surface area contributed by atoms with E-state index >= 15 is 0 Å². The van der Waals surface area contributed by atoms with Gasteiger partial charge in [0.1, 0.15) is 5.82 Å². The van der Waals surface area contributed by atoms with Crippen LogP contribution in [0.3, 0.4) is 0 Å². The molecule has 0 atom stereocenters. The predicted molar refractivity (Wildman–Crippen MR) is 82.4 cm³/mol. The number of aromatic nitrogens is 2. The Morgan fingerprint density at radius 1 is 0.895 bits per heavy atom. The highest BCUT2D eigenvalue weighted by Gasteiger charge is 2.47. The molecule has 2 aromatic rings. The third-order valence-corrected chi connectivity index (χ3v) is 5.42. The molecule has 1 N–H and O–H groups in total. The Kier molecular flexibility index (Phi) is 3.04. The van der Waals surface area contributed by atoms with Gasteiger partial charge >= 0.3 is 0 Å². The monoisotopic (exact) mass is 258 g/mol. The van der Waals surface area contributed by atoms with Crippen molar-refractivity contribution in [3.63, 3.8) is 0 Å². The maximum Gasteiger partial charge on any atom is 0.113 e. The van der Waals surface area contributed by atoms with Crippen LogP contribution in [0, 0.1) is 10.8 Å². The molecule has 1 aromatic heterocycles. The number of H-pyrrole nitrogens is 1. The number of para-hydroxylation sites is 2. The van der Waals surface area contributed by atoms with Gasteiger partial charge in [0.25, 0.3) is 0 Å². The number of fused-ring (bicyclic) bond motifs is 1. The van der Waals surface area contributed by atoms with E-state index in [0.717, 1.165) is 16.9 Å². The molecule has 1 aromatic carbocycles. The fourth-order valence-corrected chi connectivity index (χ4v) is 2.48. The molecule has 2 nitrogen and oxygen atoms in total.